The Morgan fingerprint density at radius 1 is 1.15 bits per heavy atom. The topological polar surface area (TPSA) is 12.0 Å². The maximum atomic E-state index is 3.41. The molecule has 1 rings (SSSR count). The lowest BCUT2D eigenvalue weighted by atomic mass is 9.81. The van der Waals surface area contributed by atoms with Crippen LogP contribution in [-0.2, 0) is 0 Å². The summed E-state index contributed by atoms with van der Waals surface area (Å²) >= 11 is 0. The molecule has 0 radical (unpaired) electrons. The predicted molar refractivity (Wildman–Crippen MR) is 61.5 cm³/mol. The normalized spacial score (nSPS) is 28.2. The summed E-state index contributed by atoms with van der Waals surface area (Å²) in [5.41, 5.74) is 0. The highest BCUT2D eigenvalue weighted by Gasteiger charge is 2.17. The van der Waals surface area contributed by atoms with Crippen LogP contribution in [0.1, 0.15) is 46.0 Å². The predicted octanol–water partition coefficient (Wildman–Crippen LogP) is 3.23. The molecule has 13 heavy (non-hydrogen) atoms. The van der Waals surface area contributed by atoms with E-state index in [2.05, 4.69) is 19.2 Å². The molecule has 0 atom stereocenters. The van der Waals surface area contributed by atoms with Gasteiger partial charge in [0, 0.05) is 0 Å². The highest BCUT2D eigenvalue weighted by Crippen LogP contribution is 2.29. The summed E-state index contributed by atoms with van der Waals surface area (Å²) in [4.78, 5) is 0. The lowest BCUT2D eigenvalue weighted by Crippen LogP contribution is -2.20. The Kier molecular flexibility index (Phi) is 7.78. The van der Waals surface area contributed by atoms with Crippen molar-refractivity contribution in [3.63, 3.8) is 0 Å². The zero-order valence-electron chi connectivity index (χ0n) is 9.01. The van der Waals surface area contributed by atoms with Crippen LogP contribution in [0.5, 0.6) is 0 Å². The van der Waals surface area contributed by atoms with Gasteiger partial charge in [-0.25, -0.2) is 0 Å². The molecule has 2 heteroatoms. The number of hydrogen-bond donors (Lipinski definition) is 1. The summed E-state index contributed by atoms with van der Waals surface area (Å²) in [6.07, 6.45) is 7.30. The highest BCUT2D eigenvalue weighted by molar-refractivity contribution is 5.85. The molecule has 1 aliphatic carbocycles. The molecule has 1 nitrogen and oxygen atoms in total. The van der Waals surface area contributed by atoms with Gasteiger partial charge in [0.2, 0.25) is 0 Å². The number of rotatable bonds is 4. The van der Waals surface area contributed by atoms with E-state index in [1.165, 1.54) is 38.6 Å². The van der Waals surface area contributed by atoms with Crippen molar-refractivity contribution in [1.29, 1.82) is 0 Å². The van der Waals surface area contributed by atoms with Crippen LogP contribution in [-0.4, -0.2) is 13.1 Å². The maximum Gasteiger partial charge on any atom is -0.00464 e. The summed E-state index contributed by atoms with van der Waals surface area (Å²) in [7, 11) is 0. The molecule has 0 aromatic heterocycles. The second kappa shape index (κ2) is 7.64. The Balaban J connectivity index is 0.00000144. The molecule has 1 fully saturated rings. The van der Waals surface area contributed by atoms with E-state index in [0.717, 1.165) is 18.4 Å². The van der Waals surface area contributed by atoms with Crippen LogP contribution in [0, 0.1) is 11.8 Å². The summed E-state index contributed by atoms with van der Waals surface area (Å²) in [6, 6.07) is 0. The molecule has 1 saturated carbocycles. The second-order valence-electron chi connectivity index (χ2n) is 4.27. The van der Waals surface area contributed by atoms with Gasteiger partial charge in [-0.3, -0.25) is 0 Å². The third-order valence-electron chi connectivity index (χ3n) is 3.11. The minimum Gasteiger partial charge on any atom is -0.317 e. The van der Waals surface area contributed by atoms with Gasteiger partial charge in [0.25, 0.3) is 0 Å². The first kappa shape index (κ1) is 13.2. The number of halogens is 1. The van der Waals surface area contributed by atoms with Gasteiger partial charge >= 0.3 is 0 Å². The first-order valence-electron chi connectivity index (χ1n) is 5.53. The zero-order valence-corrected chi connectivity index (χ0v) is 9.83. The Hall–Kier alpha value is 0.250. The summed E-state index contributed by atoms with van der Waals surface area (Å²) < 4.78 is 0. The Morgan fingerprint density at radius 2 is 1.77 bits per heavy atom. The van der Waals surface area contributed by atoms with Gasteiger partial charge in [0.1, 0.15) is 0 Å². The Labute approximate surface area is 89.1 Å². The molecule has 0 amide bonds. The molecule has 0 bridgehead atoms. The van der Waals surface area contributed by atoms with Crippen LogP contribution < -0.4 is 5.32 Å². The second-order valence-corrected chi connectivity index (χ2v) is 4.27. The van der Waals surface area contributed by atoms with Crippen LogP contribution in [0.15, 0.2) is 0 Å². The molecule has 80 valence electrons. The molecule has 0 heterocycles. The van der Waals surface area contributed by atoms with Crippen LogP contribution in [0.25, 0.3) is 0 Å². The molecule has 0 aromatic carbocycles. The zero-order chi connectivity index (χ0) is 8.81. The van der Waals surface area contributed by atoms with E-state index >= 15 is 0 Å². The van der Waals surface area contributed by atoms with Gasteiger partial charge < -0.3 is 5.32 Å². The summed E-state index contributed by atoms with van der Waals surface area (Å²) in [5.74, 6) is 2.03. The van der Waals surface area contributed by atoms with Gasteiger partial charge in [0.15, 0.2) is 0 Å². The maximum absolute atomic E-state index is 3.41. The minimum absolute atomic E-state index is 0. The molecular weight excluding hydrogens is 182 g/mol. The summed E-state index contributed by atoms with van der Waals surface area (Å²) in [6.45, 7) is 6.93. The van der Waals surface area contributed by atoms with Gasteiger partial charge in [-0.2, -0.15) is 0 Å². The standard InChI is InChI=1S/C11H23N.ClH/c1-3-12-9-8-11-6-4-10(2)5-7-11;/h10-12H,3-9H2,1-2H3;1H. The first-order valence-corrected chi connectivity index (χ1v) is 5.53. The van der Waals surface area contributed by atoms with E-state index in [1.807, 2.05) is 0 Å². The van der Waals surface area contributed by atoms with Gasteiger partial charge in [-0.05, 0) is 31.3 Å². The first-order chi connectivity index (χ1) is 5.83. The van der Waals surface area contributed by atoms with Crippen molar-refractivity contribution in [2.75, 3.05) is 13.1 Å². The molecule has 0 unspecified atom stereocenters. The molecule has 1 N–H and O–H groups in total. The monoisotopic (exact) mass is 205 g/mol. The average molecular weight is 206 g/mol. The largest absolute Gasteiger partial charge is 0.317 e. The van der Waals surface area contributed by atoms with Crippen molar-refractivity contribution in [2.45, 2.75) is 46.0 Å². The quantitative estimate of drug-likeness (QED) is 0.695. The lowest BCUT2D eigenvalue weighted by Gasteiger charge is -2.25. The van der Waals surface area contributed by atoms with Gasteiger partial charge in [-0.15, -0.1) is 12.4 Å². The fraction of sp³-hybridized carbons (Fsp3) is 1.00. The molecule has 0 aromatic rings. The Bertz CT molecular complexity index is 109. The molecular formula is C11H24ClN. The van der Waals surface area contributed by atoms with E-state index in [-0.39, 0.29) is 12.4 Å². The van der Waals surface area contributed by atoms with Crippen molar-refractivity contribution in [1.82, 2.24) is 5.32 Å². The lowest BCUT2D eigenvalue weighted by molar-refractivity contribution is 0.276. The van der Waals surface area contributed by atoms with Crippen molar-refractivity contribution >= 4 is 12.4 Å². The molecule has 1 aliphatic rings. The highest BCUT2D eigenvalue weighted by atomic mass is 35.5. The van der Waals surface area contributed by atoms with Gasteiger partial charge in [-0.1, -0.05) is 39.5 Å². The van der Waals surface area contributed by atoms with Crippen molar-refractivity contribution in [2.24, 2.45) is 11.8 Å². The number of nitrogens with one attached hydrogen (secondary N) is 1. The Morgan fingerprint density at radius 3 is 2.31 bits per heavy atom. The SMILES string of the molecule is CCNCCC1CCC(C)CC1.Cl. The van der Waals surface area contributed by atoms with E-state index in [1.54, 1.807) is 0 Å². The minimum atomic E-state index is 0. The van der Waals surface area contributed by atoms with Crippen LogP contribution in [0.3, 0.4) is 0 Å². The number of hydrogen-bond acceptors (Lipinski definition) is 1. The fourth-order valence-corrected chi connectivity index (χ4v) is 2.10. The van der Waals surface area contributed by atoms with E-state index in [0.29, 0.717) is 0 Å². The van der Waals surface area contributed by atoms with Crippen molar-refractivity contribution in [3.05, 3.63) is 0 Å². The van der Waals surface area contributed by atoms with E-state index in [9.17, 15) is 0 Å². The molecule has 0 spiro atoms. The molecule has 0 saturated heterocycles. The van der Waals surface area contributed by atoms with Gasteiger partial charge in [0.05, 0.1) is 0 Å². The van der Waals surface area contributed by atoms with Crippen LogP contribution >= 0.6 is 12.4 Å². The van der Waals surface area contributed by atoms with Crippen molar-refractivity contribution < 1.29 is 0 Å². The van der Waals surface area contributed by atoms with E-state index < -0.39 is 0 Å². The fourth-order valence-electron chi connectivity index (χ4n) is 2.10. The smallest absolute Gasteiger partial charge is 0.00464 e. The van der Waals surface area contributed by atoms with Crippen molar-refractivity contribution in [3.8, 4) is 0 Å². The molecule has 0 aliphatic heterocycles. The van der Waals surface area contributed by atoms with Crippen LogP contribution in [0.2, 0.25) is 0 Å². The van der Waals surface area contributed by atoms with Crippen LogP contribution in [0.4, 0.5) is 0 Å². The third kappa shape index (κ3) is 5.53. The van der Waals surface area contributed by atoms with E-state index in [4.69, 9.17) is 0 Å². The summed E-state index contributed by atoms with van der Waals surface area (Å²) in [5, 5.41) is 3.41. The average Bonchev–Trinajstić information content (AvgIpc) is 2.09. The third-order valence-corrected chi connectivity index (χ3v) is 3.11.